The van der Waals surface area contributed by atoms with Crippen LogP contribution in [0.15, 0.2) is 0 Å². The van der Waals surface area contributed by atoms with Crippen LogP contribution in [-0.4, -0.2) is 30.9 Å². The minimum atomic E-state index is -0.0367. The Hall–Kier alpha value is -1.10. The lowest BCUT2D eigenvalue weighted by molar-refractivity contribution is -0.125. The molecule has 1 heterocycles. The Balaban J connectivity index is 2.25. The third-order valence-electron chi connectivity index (χ3n) is 2.61. The van der Waals surface area contributed by atoms with E-state index in [-0.39, 0.29) is 23.8 Å². The highest BCUT2D eigenvalue weighted by Crippen LogP contribution is 2.07. The Morgan fingerprint density at radius 1 is 1.73 bits per heavy atom. The number of hydrogen-bond donors (Lipinski definition) is 3. The molecule has 2 atom stereocenters. The van der Waals surface area contributed by atoms with Gasteiger partial charge in [-0.2, -0.15) is 0 Å². The van der Waals surface area contributed by atoms with Gasteiger partial charge in [0.15, 0.2) is 0 Å². The molecule has 5 heteroatoms. The lowest BCUT2D eigenvalue weighted by atomic mass is 10.0. The first-order chi connectivity index (χ1) is 7.13. The first-order valence-corrected chi connectivity index (χ1v) is 5.40. The van der Waals surface area contributed by atoms with Crippen LogP contribution < -0.4 is 16.4 Å². The van der Waals surface area contributed by atoms with Crippen LogP contribution >= 0.6 is 0 Å². The average molecular weight is 213 g/mol. The van der Waals surface area contributed by atoms with Crippen LogP contribution in [0.25, 0.3) is 0 Å². The van der Waals surface area contributed by atoms with Crippen LogP contribution in [0.5, 0.6) is 0 Å². The van der Waals surface area contributed by atoms with Crippen molar-refractivity contribution in [3.05, 3.63) is 0 Å². The van der Waals surface area contributed by atoms with Gasteiger partial charge in [-0.1, -0.05) is 6.92 Å². The van der Waals surface area contributed by atoms with Gasteiger partial charge in [-0.05, 0) is 19.4 Å². The van der Waals surface area contributed by atoms with E-state index >= 15 is 0 Å². The van der Waals surface area contributed by atoms with E-state index in [1.807, 2.05) is 6.92 Å². The first-order valence-electron chi connectivity index (χ1n) is 5.40. The van der Waals surface area contributed by atoms with E-state index in [0.717, 1.165) is 12.8 Å². The number of hydrogen-bond acceptors (Lipinski definition) is 3. The molecule has 5 nitrogen and oxygen atoms in total. The lowest BCUT2D eigenvalue weighted by Crippen LogP contribution is -2.39. The van der Waals surface area contributed by atoms with Gasteiger partial charge in [-0.3, -0.25) is 9.59 Å². The monoisotopic (exact) mass is 213 g/mol. The molecule has 0 aromatic rings. The Morgan fingerprint density at radius 3 is 3.00 bits per heavy atom. The van der Waals surface area contributed by atoms with Gasteiger partial charge >= 0.3 is 0 Å². The van der Waals surface area contributed by atoms with Crippen molar-refractivity contribution in [2.75, 3.05) is 13.1 Å². The first kappa shape index (κ1) is 12.0. The van der Waals surface area contributed by atoms with Crippen LogP contribution in [0, 0.1) is 5.92 Å². The smallest absolute Gasteiger partial charge is 0.223 e. The van der Waals surface area contributed by atoms with Crippen molar-refractivity contribution < 1.29 is 9.59 Å². The van der Waals surface area contributed by atoms with Crippen molar-refractivity contribution in [2.24, 2.45) is 11.7 Å². The van der Waals surface area contributed by atoms with E-state index in [0.29, 0.717) is 19.5 Å². The number of nitrogens with one attached hydrogen (secondary N) is 2. The molecule has 2 unspecified atom stereocenters. The predicted octanol–water partition coefficient (Wildman–Crippen LogP) is -0.634. The predicted molar refractivity (Wildman–Crippen MR) is 57.0 cm³/mol. The standard InChI is InChI=1S/C10H19N3O2/c1-7(3-2-4-11)10(15)13-8-5-9(14)12-6-8/h7-8H,2-6,11H2,1H3,(H,12,14)(H,13,15). The summed E-state index contributed by atoms with van der Waals surface area (Å²) in [7, 11) is 0. The number of amides is 2. The van der Waals surface area contributed by atoms with Gasteiger partial charge in [-0.15, -0.1) is 0 Å². The largest absolute Gasteiger partial charge is 0.354 e. The average Bonchev–Trinajstić information content (AvgIpc) is 2.60. The summed E-state index contributed by atoms with van der Waals surface area (Å²) in [5.74, 6) is 0.00381. The minimum Gasteiger partial charge on any atom is -0.354 e. The number of nitrogens with two attached hydrogens (primary N) is 1. The second kappa shape index (κ2) is 5.70. The van der Waals surface area contributed by atoms with Gasteiger partial charge < -0.3 is 16.4 Å². The van der Waals surface area contributed by atoms with Crippen LogP contribution in [0.3, 0.4) is 0 Å². The summed E-state index contributed by atoms with van der Waals surface area (Å²) >= 11 is 0. The van der Waals surface area contributed by atoms with E-state index in [4.69, 9.17) is 5.73 Å². The Morgan fingerprint density at radius 2 is 2.47 bits per heavy atom. The molecule has 1 fully saturated rings. The molecule has 0 aliphatic carbocycles. The lowest BCUT2D eigenvalue weighted by Gasteiger charge is -2.15. The molecule has 4 N–H and O–H groups in total. The van der Waals surface area contributed by atoms with Crippen LogP contribution in [0.1, 0.15) is 26.2 Å². The Labute approximate surface area is 89.8 Å². The summed E-state index contributed by atoms with van der Waals surface area (Å²) in [6.45, 7) is 3.05. The van der Waals surface area contributed by atoms with Crippen molar-refractivity contribution in [2.45, 2.75) is 32.2 Å². The fourth-order valence-corrected chi connectivity index (χ4v) is 1.61. The van der Waals surface area contributed by atoms with Gasteiger partial charge in [-0.25, -0.2) is 0 Å². The normalized spacial score (nSPS) is 22.3. The molecule has 0 aromatic heterocycles. The molecule has 0 saturated carbocycles. The Bertz CT molecular complexity index is 243. The van der Waals surface area contributed by atoms with Gasteiger partial charge in [0.1, 0.15) is 0 Å². The summed E-state index contributed by atoms with van der Waals surface area (Å²) in [5.41, 5.74) is 5.37. The minimum absolute atomic E-state index is 0.00918. The highest BCUT2D eigenvalue weighted by molar-refractivity contribution is 5.82. The summed E-state index contributed by atoms with van der Waals surface area (Å²) < 4.78 is 0. The van der Waals surface area contributed by atoms with Crippen LogP contribution in [0.2, 0.25) is 0 Å². The zero-order valence-corrected chi connectivity index (χ0v) is 9.08. The van der Waals surface area contributed by atoms with Crippen molar-refractivity contribution >= 4 is 11.8 Å². The van der Waals surface area contributed by atoms with E-state index < -0.39 is 0 Å². The highest BCUT2D eigenvalue weighted by atomic mass is 16.2. The van der Waals surface area contributed by atoms with E-state index in [2.05, 4.69) is 10.6 Å². The summed E-state index contributed by atoms with van der Waals surface area (Å²) in [6, 6.07) is -0.0367. The molecule has 2 amide bonds. The molecule has 0 bridgehead atoms. The second-order valence-electron chi connectivity index (χ2n) is 4.05. The molecule has 15 heavy (non-hydrogen) atoms. The fraction of sp³-hybridized carbons (Fsp3) is 0.800. The molecule has 0 aromatic carbocycles. The topological polar surface area (TPSA) is 84.2 Å². The maximum absolute atomic E-state index is 11.6. The van der Waals surface area contributed by atoms with Crippen molar-refractivity contribution in [3.8, 4) is 0 Å². The van der Waals surface area contributed by atoms with Crippen molar-refractivity contribution in [1.29, 1.82) is 0 Å². The number of carbonyl (C=O) groups excluding carboxylic acids is 2. The number of rotatable bonds is 5. The Kier molecular flexibility index (Phi) is 4.55. The van der Waals surface area contributed by atoms with E-state index in [1.54, 1.807) is 0 Å². The van der Waals surface area contributed by atoms with Crippen molar-refractivity contribution in [3.63, 3.8) is 0 Å². The van der Waals surface area contributed by atoms with Gasteiger partial charge in [0.05, 0.1) is 6.04 Å². The molecular formula is C10H19N3O2. The van der Waals surface area contributed by atoms with Crippen LogP contribution in [0.4, 0.5) is 0 Å². The van der Waals surface area contributed by atoms with Crippen LogP contribution in [-0.2, 0) is 9.59 Å². The molecule has 1 rings (SSSR count). The maximum atomic E-state index is 11.6. The fourth-order valence-electron chi connectivity index (χ4n) is 1.61. The SMILES string of the molecule is CC(CCCN)C(=O)NC1CNC(=O)C1. The van der Waals surface area contributed by atoms with E-state index in [1.165, 1.54) is 0 Å². The van der Waals surface area contributed by atoms with Gasteiger partial charge in [0.25, 0.3) is 0 Å². The zero-order valence-electron chi connectivity index (χ0n) is 9.08. The molecule has 0 radical (unpaired) electrons. The maximum Gasteiger partial charge on any atom is 0.223 e. The molecule has 86 valence electrons. The molecule has 1 aliphatic heterocycles. The highest BCUT2D eigenvalue weighted by Gasteiger charge is 2.24. The molecular weight excluding hydrogens is 194 g/mol. The summed E-state index contributed by atoms with van der Waals surface area (Å²) in [6.07, 6.45) is 2.06. The molecule has 0 spiro atoms. The summed E-state index contributed by atoms with van der Waals surface area (Å²) in [5, 5.41) is 5.54. The van der Waals surface area contributed by atoms with E-state index in [9.17, 15) is 9.59 Å². The van der Waals surface area contributed by atoms with Gasteiger partial charge in [0.2, 0.25) is 11.8 Å². The second-order valence-corrected chi connectivity index (χ2v) is 4.05. The molecule has 1 aliphatic rings. The van der Waals surface area contributed by atoms with Gasteiger partial charge in [0, 0.05) is 18.9 Å². The summed E-state index contributed by atoms with van der Waals surface area (Å²) in [4.78, 5) is 22.5. The third kappa shape index (κ3) is 3.87. The zero-order chi connectivity index (χ0) is 11.3. The molecule has 1 saturated heterocycles. The van der Waals surface area contributed by atoms with Crippen molar-refractivity contribution in [1.82, 2.24) is 10.6 Å². The quantitative estimate of drug-likeness (QED) is 0.568. The third-order valence-corrected chi connectivity index (χ3v) is 2.61. The number of carbonyl (C=O) groups is 2.